The maximum absolute atomic E-state index is 13.0. The standard InChI is InChI=1S/C20H32N8O/c1-25(2)18-17-19(24-20(21)23-18)28(13-22-17)12-16(29)26(3)11-14-7-6-10-27-9-5-4-8-15(14)27/h13-15H,4-12H2,1-3H3,(H2,21,23,24). The van der Waals surface area contributed by atoms with Gasteiger partial charge in [-0.2, -0.15) is 9.97 Å². The molecule has 1 amide bonds. The summed E-state index contributed by atoms with van der Waals surface area (Å²) in [5, 5.41) is 0. The first kappa shape index (κ1) is 19.9. The van der Waals surface area contributed by atoms with Gasteiger partial charge in [0.1, 0.15) is 6.54 Å². The van der Waals surface area contributed by atoms with E-state index in [-0.39, 0.29) is 18.4 Å². The average Bonchev–Trinajstić information content (AvgIpc) is 3.09. The van der Waals surface area contributed by atoms with Crippen molar-refractivity contribution in [3.8, 4) is 0 Å². The van der Waals surface area contributed by atoms with E-state index < -0.39 is 0 Å². The SMILES string of the molecule is CN(CC1CCCN2CCCCC12)C(=O)Cn1cnc2c(N(C)C)nc(N)nc21. The van der Waals surface area contributed by atoms with Crippen LogP contribution in [0.3, 0.4) is 0 Å². The van der Waals surface area contributed by atoms with Crippen molar-refractivity contribution in [3.63, 3.8) is 0 Å². The fourth-order valence-electron chi connectivity index (χ4n) is 4.88. The Kier molecular flexibility index (Phi) is 5.58. The van der Waals surface area contributed by atoms with Gasteiger partial charge in [-0.25, -0.2) is 4.98 Å². The number of aromatic nitrogens is 4. The van der Waals surface area contributed by atoms with Gasteiger partial charge in [0.25, 0.3) is 0 Å². The molecule has 2 aromatic heterocycles. The van der Waals surface area contributed by atoms with Crippen LogP contribution in [-0.2, 0) is 11.3 Å². The molecule has 4 rings (SSSR count). The van der Waals surface area contributed by atoms with Crippen LogP contribution in [0.2, 0.25) is 0 Å². The van der Waals surface area contributed by atoms with Crippen molar-refractivity contribution in [1.82, 2.24) is 29.3 Å². The summed E-state index contributed by atoms with van der Waals surface area (Å²) in [4.78, 5) is 32.4. The zero-order valence-corrected chi connectivity index (χ0v) is 17.7. The van der Waals surface area contributed by atoms with Crippen LogP contribution in [0.4, 0.5) is 11.8 Å². The summed E-state index contributed by atoms with van der Waals surface area (Å²) in [6.07, 6.45) is 7.99. The van der Waals surface area contributed by atoms with Crippen LogP contribution in [0.25, 0.3) is 11.2 Å². The van der Waals surface area contributed by atoms with Crippen molar-refractivity contribution in [3.05, 3.63) is 6.33 Å². The van der Waals surface area contributed by atoms with E-state index in [2.05, 4.69) is 19.9 Å². The largest absolute Gasteiger partial charge is 0.368 e. The van der Waals surface area contributed by atoms with Gasteiger partial charge in [0.15, 0.2) is 17.0 Å². The summed E-state index contributed by atoms with van der Waals surface area (Å²) >= 11 is 0. The monoisotopic (exact) mass is 400 g/mol. The number of carbonyl (C=O) groups excluding carboxylic acids is 1. The summed E-state index contributed by atoms with van der Waals surface area (Å²) in [5.41, 5.74) is 7.13. The van der Waals surface area contributed by atoms with Crippen molar-refractivity contribution in [2.45, 2.75) is 44.7 Å². The average molecular weight is 401 g/mol. The van der Waals surface area contributed by atoms with Gasteiger partial charge < -0.3 is 25.0 Å². The van der Waals surface area contributed by atoms with Gasteiger partial charge in [-0.3, -0.25) is 4.79 Å². The molecular formula is C20H32N8O. The number of hydrogen-bond acceptors (Lipinski definition) is 7. The Morgan fingerprint density at radius 2 is 1.97 bits per heavy atom. The van der Waals surface area contributed by atoms with E-state index in [0.29, 0.717) is 28.9 Å². The summed E-state index contributed by atoms with van der Waals surface area (Å²) < 4.78 is 1.77. The van der Waals surface area contributed by atoms with Gasteiger partial charge in [0, 0.05) is 33.7 Å². The minimum atomic E-state index is 0.0702. The first-order valence-corrected chi connectivity index (χ1v) is 10.6. The first-order valence-electron chi connectivity index (χ1n) is 10.6. The Bertz CT molecular complexity index is 877. The third-order valence-corrected chi connectivity index (χ3v) is 6.35. The predicted octanol–water partition coefficient (Wildman–Crippen LogP) is 1.20. The highest BCUT2D eigenvalue weighted by atomic mass is 16.2. The van der Waals surface area contributed by atoms with Gasteiger partial charge in [0.2, 0.25) is 11.9 Å². The van der Waals surface area contributed by atoms with Crippen LogP contribution in [0.1, 0.15) is 32.1 Å². The van der Waals surface area contributed by atoms with E-state index in [1.165, 1.54) is 45.2 Å². The van der Waals surface area contributed by atoms with Crippen molar-refractivity contribution in [2.24, 2.45) is 5.92 Å². The number of imidazole rings is 1. The van der Waals surface area contributed by atoms with Crippen molar-refractivity contribution < 1.29 is 4.79 Å². The number of hydrogen-bond donors (Lipinski definition) is 1. The summed E-state index contributed by atoms with van der Waals surface area (Å²) in [5.74, 6) is 1.48. The highest BCUT2D eigenvalue weighted by Gasteiger charge is 2.34. The van der Waals surface area contributed by atoms with Crippen LogP contribution in [0.15, 0.2) is 6.33 Å². The highest BCUT2D eigenvalue weighted by Crippen LogP contribution is 2.31. The van der Waals surface area contributed by atoms with E-state index in [9.17, 15) is 4.79 Å². The Labute approximate surface area is 171 Å². The lowest BCUT2D eigenvalue weighted by Crippen LogP contribution is -2.51. The van der Waals surface area contributed by atoms with Crippen LogP contribution in [-0.4, -0.2) is 82.0 Å². The molecule has 2 unspecified atom stereocenters. The molecule has 2 aliphatic rings. The molecule has 2 N–H and O–H groups in total. The molecule has 29 heavy (non-hydrogen) atoms. The number of nitrogens with zero attached hydrogens (tertiary/aromatic N) is 7. The lowest BCUT2D eigenvalue weighted by Gasteiger charge is -2.45. The van der Waals surface area contributed by atoms with Crippen LogP contribution in [0.5, 0.6) is 0 Å². The molecule has 0 radical (unpaired) electrons. The molecule has 2 aliphatic heterocycles. The number of nitrogen functional groups attached to an aromatic ring is 1. The molecular weight excluding hydrogens is 368 g/mol. The summed E-state index contributed by atoms with van der Waals surface area (Å²) in [6.45, 7) is 3.45. The van der Waals surface area contributed by atoms with Gasteiger partial charge in [-0.15, -0.1) is 0 Å². The number of likely N-dealkylation sites (N-methyl/N-ethyl adjacent to an activating group) is 1. The van der Waals surface area contributed by atoms with Gasteiger partial charge >= 0.3 is 0 Å². The zero-order valence-electron chi connectivity index (χ0n) is 17.7. The van der Waals surface area contributed by atoms with Crippen LogP contribution >= 0.6 is 0 Å². The van der Waals surface area contributed by atoms with E-state index in [0.717, 1.165) is 6.54 Å². The molecule has 2 aromatic rings. The Hall–Kier alpha value is -2.42. The highest BCUT2D eigenvalue weighted by molar-refractivity contribution is 5.86. The van der Waals surface area contributed by atoms with Crippen molar-refractivity contribution in [1.29, 1.82) is 0 Å². The Morgan fingerprint density at radius 3 is 2.76 bits per heavy atom. The molecule has 0 saturated carbocycles. The predicted molar refractivity (Wildman–Crippen MR) is 114 cm³/mol. The molecule has 4 heterocycles. The normalized spacial score (nSPS) is 22.4. The molecule has 2 atom stereocenters. The fraction of sp³-hybridized carbons (Fsp3) is 0.700. The topological polar surface area (TPSA) is 96.4 Å². The number of piperidine rings is 2. The molecule has 0 aliphatic carbocycles. The molecule has 0 bridgehead atoms. The maximum Gasteiger partial charge on any atom is 0.242 e. The number of anilines is 2. The molecule has 2 fully saturated rings. The third kappa shape index (κ3) is 4.01. The van der Waals surface area contributed by atoms with E-state index in [4.69, 9.17) is 5.73 Å². The van der Waals surface area contributed by atoms with Gasteiger partial charge in [-0.05, 0) is 44.7 Å². The fourth-order valence-corrected chi connectivity index (χ4v) is 4.88. The van der Waals surface area contributed by atoms with Crippen molar-refractivity contribution in [2.75, 3.05) is 51.4 Å². The number of fused-ring (bicyclic) bond motifs is 2. The molecule has 0 aromatic carbocycles. The molecule has 0 spiro atoms. The summed E-state index contributed by atoms with van der Waals surface area (Å²) in [6, 6.07) is 0.636. The molecule has 9 nitrogen and oxygen atoms in total. The van der Waals surface area contributed by atoms with E-state index in [1.54, 1.807) is 10.9 Å². The summed E-state index contributed by atoms with van der Waals surface area (Å²) in [7, 11) is 5.69. The lowest BCUT2D eigenvalue weighted by molar-refractivity contribution is -0.131. The molecule has 158 valence electrons. The maximum atomic E-state index is 13.0. The number of nitrogens with two attached hydrogens (primary N) is 1. The number of amides is 1. The van der Waals surface area contributed by atoms with E-state index >= 15 is 0 Å². The second-order valence-corrected chi connectivity index (χ2v) is 8.62. The zero-order chi connectivity index (χ0) is 20.5. The molecule has 2 saturated heterocycles. The quantitative estimate of drug-likeness (QED) is 0.805. The van der Waals surface area contributed by atoms with E-state index in [1.807, 2.05) is 30.9 Å². The number of carbonyl (C=O) groups is 1. The van der Waals surface area contributed by atoms with Crippen LogP contribution in [0, 0.1) is 5.92 Å². The van der Waals surface area contributed by atoms with Crippen molar-refractivity contribution >= 4 is 28.8 Å². The minimum Gasteiger partial charge on any atom is -0.368 e. The Balaban J connectivity index is 1.46. The third-order valence-electron chi connectivity index (χ3n) is 6.35. The second kappa shape index (κ2) is 8.14. The van der Waals surface area contributed by atoms with Gasteiger partial charge in [-0.1, -0.05) is 6.42 Å². The molecule has 9 heteroatoms. The lowest BCUT2D eigenvalue weighted by atomic mass is 9.83. The Morgan fingerprint density at radius 1 is 1.17 bits per heavy atom. The second-order valence-electron chi connectivity index (χ2n) is 8.62. The van der Waals surface area contributed by atoms with Gasteiger partial charge in [0.05, 0.1) is 6.33 Å². The number of rotatable bonds is 5. The van der Waals surface area contributed by atoms with Crippen LogP contribution < -0.4 is 10.6 Å². The first-order chi connectivity index (χ1) is 13.9. The minimum absolute atomic E-state index is 0.0702. The smallest absolute Gasteiger partial charge is 0.242 e.